The van der Waals surface area contributed by atoms with E-state index >= 15 is 0 Å². The van der Waals surface area contributed by atoms with Crippen molar-refractivity contribution >= 4 is 11.7 Å². The first-order valence-corrected chi connectivity index (χ1v) is 10.3. The highest BCUT2D eigenvalue weighted by molar-refractivity contribution is 5.96. The van der Waals surface area contributed by atoms with Crippen LogP contribution >= 0.6 is 0 Å². The number of carbonyl (C=O) groups excluding carboxylic acids is 1. The van der Waals surface area contributed by atoms with E-state index in [1.54, 1.807) is 0 Å². The van der Waals surface area contributed by atoms with Crippen molar-refractivity contribution in [3.63, 3.8) is 0 Å². The summed E-state index contributed by atoms with van der Waals surface area (Å²) in [5.41, 5.74) is 8.68. The lowest BCUT2D eigenvalue weighted by Gasteiger charge is -2.04. The molecule has 0 saturated carbocycles. The Morgan fingerprint density at radius 1 is 1.16 bits per heavy atom. The van der Waals surface area contributed by atoms with E-state index < -0.39 is 0 Å². The van der Waals surface area contributed by atoms with Gasteiger partial charge in [-0.15, -0.1) is 5.10 Å². The molecule has 0 bridgehead atoms. The molecular weight excluding hydrogens is 408 g/mol. The van der Waals surface area contributed by atoms with Gasteiger partial charge in [-0.3, -0.25) is 4.79 Å². The van der Waals surface area contributed by atoms with Gasteiger partial charge in [0.25, 0.3) is 5.91 Å². The van der Waals surface area contributed by atoms with E-state index in [0.29, 0.717) is 30.5 Å². The number of rotatable bonds is 8. The van der Waals surface area contributed by atoms with Crippen LogP contribution in [0.1, 0.15) is 34.4 Å². The van der Waals surface area contributed by atoms with Crippen LogP contribution in [0.4, 0.5) is 5.82 Å². The quantitative estimate of drug-likeness (QED) is 0.438. The molecule has 9 nitrogen and oxygen atoms in total. The number of oxazole rings is 1. The molecule has 0 aliphatic rings. The Morgan fingerprint density at radius 2 is 1.91 bits per heavy atom. The topological polar surface area (TPSA) is 121 Å². The van der Waals surface area contributed by atoms with Crippen molar-refractivity contribution in [3.8, 4) is 17.2 Å². The summed E-state index contributed by atoms with van der Waals surface area (Å²) in [6.07, 6.45) is 0. The molecule has 4 aromatic rings. The highest BCUT2D eigenvalue weighted by atomic mass is 16.5. The number of amides is 1. The SMILES string of the molecule is CCOc1ccc(-c2nc(Cn3nnc(C(=O)NCc4ccccc4)c3N)c(C)o2)cc1. The fourth-order valence-corrected chi connectivity index (χ4v) is 3.16. The van der Waals surface area contributed by atoms with Crippen molar-refractivity contribution in [3.05, 3.63) is 77.3 Å². The first kappa shape index (κ1) is 21.1. The second-order valence-corrected chi connectivity index (χ2v) is 7.13. The Kier molecular flexibility index (Phi) is 6.16. The van der Waals surface area contributed by atoms with Crippen LogP contribution in [0.15, 0.2) is 59.0 Å². The second-order valence-electron chi connectivity index (χ2n) is 7.13. The number of ether oxygens (including phenoxy) is 1. The van der Waals surface area contributed by atoms with Gasteiger partial charge in [-0.05, 0) is 43.7 Å². The predicted octanol–water partition coefficient (Wildman–Crippen LogP) is 3.20. The summed E-state index contributed by atoms with van der Waals surface area (Å²) in [5, 5.41) is 10.8. The van der Waals surface area contributed by atoms with E-state index in [9.17, 15) is 4.79 Å². The molecule has 1 amide bonds. The van der Waals surface area contributed by atoms with E-state index in [1.165, 1.54) is 4.68 Å². The Labute approximate surface area is 185 Å². The number of nitrogen functional groups attached to an aromatic ring is 1. The maximum atomic E-state index is 12.5. The number of nitrogens with one attached hydrogen (secondary N) is 1. The maximum absolute atomic E-state index is 12.5. The predicted molar refractivity (Wildman–Crippen MR) is 119 cm³/mol. The van der Waals surface area contributed by atoms with Gasteiger partial charge in [0.1, 0.15) is 17.2 Å². The first-order chi connectivity index (χ1) is 15.5. The molecule has 2 heterocycles. The van der Waals surface area contributed by atoms with Crippen molar-refractivity contribution < 1.29 is 13.9 Å². The third-order valence-corrected chi connectivity index (χ3v) is 4.89. The average Bonchev–Trinajstić information content (AvgIpc) is 3.36. The molecule has 0 unspecified atom stereocenters. The van der Waals surface area contributed by atoms with Crippen LogP contribution in [0.3, 0.4) is 0 Å². The van der Waals surface area contributed by atoms with Crippen LogP contribution < -0.4 is 15.8 Å². The van der Waals surface area contributed by atoms with E-state index in [4.69, 9.17) is 14.9 Å². The van der Waals surface area contributed by atoms with Gasteiger partial charge in [0.2, 0.25) is 5.89 Å². The summed E-state index contributed by atoms with van der Waals surface area (Å²) in [4.78, 5) is 17.1. The molecule has 0 aliphatic carbocycles. The van der Waals surface area contributed by atoms with Gasteiger partial charge < -0.3 is 20.2 Å². The minimum absolute atomic E-state index is 0.0776. The zero-order valence-electron chi connectivity index (χ0n) is 17.9. The minimum Gasteiger partial charge on any atom is -0.494 e. The third kappa shape index (κ3) is 4.61. The molecule has 4 rings (SSSR count). The highest BCUT2D eigenvalue weighted by Gasteiger charge is 2.20. The summed E-state index contributed by atoms with van der Waals surface area (Å²) < 4.78 is 12.7. The van der Waals surface area contributed by atoms with Crippen LogP contribution in [0.5, 0.6) is 5.75 Å². The van der Waals surface area contributed by atoms with E-state index in [-0.39, 0.29) is 24.0 Å². The normalized spacial score (nSPS) is 10.8. The number of hydrogen-bond donors (Lipinski definition) is 2. The molecule has 0 fully saturated rings. The summed E-state index contributed by atoms with van der Waals surface area (Å²) in [5.74, 6) is 1.69. The second kappa shape index (κ2) is 9.34. The van der Waals surface area contributed by atoms with Gasteiger partial charge >= 0.3 is 0 Å². The zero-order chi connectivity index (χ0) is 22.5. The molecule has 2 aromatic carbocycles. The third-order valence-electron chi connectivity index (χ3n) is 4.89. The standard InChI is InChI=1S/C23H24N6O3/c1-3-31-18-11-9-17(10-12-18)23-26-19(15(2)32-23)14-29-21(24)20(27-28-29)22(30)25-13-16-7-5-4-6-8-16/h4-12H,3,13-14,24H2,1-2H3,(H,25,30). The monoisotopic (exact) mass is 432 g/mol. The summed E-state index contributed by atoms with van der Waals surface area (Å²) in [6, 6.07) is 17.1. The number of carbonyl (C=O) groups is 1. The lowest BCUT2D eigenvalue weighted by molar-refractivity contribution is 0.0946. The Hall–Kier alpha value is -4.14. The van der Waals surface area contributed by atoms with Gasteiger partial charge in [-0.25, -0.2) is 9.67 Å². The molecule has 2 aromatic heterocycles. The van der Waals surface area contributed by atoms with Gasteiger partial charge in [-0.1, -0.05) is 35.5 Å². The first-order valence-electron chi connectivity index (χ1n) is 10.3. The maximum Gasteiger partial charge on any atom is 0.275 e. The number of aromatic nitrogens is 4. The molecule has 0 radical (unpaired) electrons. The van der Waals surface area contributed by atoms with Crippen molar-refractivity contribution in [2.75, 3.05) is 12.3 Å². The lowest BCUT2D eigenvalue weighted by Crippen LogP contribution is -2.24. The van der Waals surface area contributed by atoms with Crippen molar-refractivity contribution in [1.29, 1.82) is 0 Å². The van der Waals surface area contributed by atoms with Crippen molar-refractivity contribution in [1.82, 2.24) is 25.3 Å². The van der Waals surface area contributed by atoms with Crippen molar-refractivity contribution in [2.24, 2.45) is 0 Å². The van der Waals surface area contributed by atoms with E-state index in [1.807, 2.05) is 68.4 Å². The molecule has 3 N–H and O–H groups in total. The van der Waals surface area contributed by atoms with Crippen LogP contribution in [0, 0.1) is 6.92 Å². The zero-order valence-corrected chi connectivity index (χ0v) is 17.9. The van der Waals surface area contributed by atoms with E-state index in [0.717, 1.165) is 16.9 Å². The minimum atomic E-state index is -0.385. The Bertz CT molecular complexity index is 1200. The van der Waals surface area contributed by atoms with Crippen LogP contribution in [-0.4, -0.2) is 32.5 Å². The summed E-state index contributed by atoms with van der Waals surface area (Å²) >= 11 is 0. The molecule has 0 saturated heterocycles. The van der Waals surface area contributed by atoms with Gasteiger partial charge in [0.05, 0.1) is 13.2 Å². The van der Waals surface area contributed by atoms with Crippen LogP contribution in [0.2, 0.25) is 0 Å². The smallest absolute Gasteiger partial charge is 0.275 e. The van der Waals surface area contributed by atoms with Crippen LogP contribution in [-0.2, 0) is 13.1 Å². The Morgan fingerprint density at radius 3 is 2.62 bits per heavy atom. The van der Waals surface area contributed by atoms with Gasteiger partial charge in [0, 0.05) is 12.1 Å². The number of nitrogens with zero attached hydrogens (tertiary/aromatic N) is 4. The number of anilines is 1. The van der Waals surface area contributed by atoms with E-state index in [2.05, 4.69) is 20.6 Å². The molecule has 0 spiro atoms. The van der Waals surface area contributed by atoms with Crippen molar-refractivity contribution in [2.45, 2.75) is 26.9 Å². The molecule has 9 heteroatoms. The lowest BCUT2D eigenvalue weighted by atomic mass is 10.2. The highest BCUT2D eigenvalue weighted by Crippen LogP contribution is 2.25. The fraction of sp³-hybridized carbons (Fsp3) is 0.217. The molecule has 164 valence electrons. The molecule has 0 aliphatic heterocycles. The average molecular weight is 432 g/mol. The van der Waals surface area contributed by atoms with Gasteiger partial charge in [0.15, 0.2) is 11.5 Å². The van der Waals surface area contributed by atoms with Crippen LogP contribution in [0.25, 0.3) is 11.5 Å². The Balaban J connectivity index is 1.45. The fourth-order valence-electron chi connectivity index (χ4n) is 3.16. The summed E-state index contributed by atoms with van der Waals surface area (Å²) in [6.45, 7) is 4.97. The largest absolute Gasteiger partial charge is 0.494 e. The molecular formula is C23H24N6O3. The van der Waals surface area contributed by atoms with Gasteiger partial charge in [-0.2, -0.15) is 0 Å². The molecule has 32 heavy (non-hydrogen) atoms. The molecule has 0 atom stereocenters. The number of benzene rings is 2. The summed E-state index contributed by atoms with van der Waals surface area (Å²) in [7, 11) is 0. The number of hydrogen-bond acceptors (Lipinski definition) is 7. The number of nitrogens with two attached hydrogens (primary N) is 1. The number of aryl methyl sites for hydroxylation is 1.